The molecule has 22 heavy (non-hydrogen) atoms. The van der Waals surface area contributed by atoms with Gasteiger partial charge in [-0.05, 0) is 30.3 Å². The Bertz CT molecular complexity index is 895. The molecule has 0 saturated carbocycles. The molecular formula is C14H11BrN4O2S. The van der Waals surface area contributed by atoms with Crippen LogP contribution in [0.1, 0.15) is 0 Å². The number of para-hydroxylation sites is 2. The third kappa shape index (κ3) is 3.02. The second-order valence-corrected chi connectivity index (χ2v) is 7.02. The molecule has 1 aromatic heterocycles. The van der Waals surface area contributed by atoms with Gasteiger partial charge in [0.25, 0.3) is 10.0 Å². The van der Waals surface area contributed by atoms with Gasteiger partial charge in [0.15, 0.2) is 0 Å². The zero-order valence-corrected chi connectivity index (χ0v) is 13.6. The number of aromatic nitrogens is 3. The van der Waals surface area contributed by atoms with Crippen LogP contribution in [0.5, 0.6) is 0 Å². The Morgan fingerprint density at radius 3 is 2.64 bits per heavy atom. The normalized spacial score (nSPS) is 11.3. The summed E-state index contributed by atoms with van der Waals surface area (Å²) in [4.78, 5) is 4.05. The molecule has 1 N–H and O–H groups in total. The number of sulfonamides is 1. The molecule has 0 bridgehead atoms. The van der Waals surface area contributed by atoms with E-state index >= 15 is 0 Å². The highest BCUT2D eigenvalue weighted by atomic mass is 79.9. The summed E-state index contributed by atoms with van der Waals surface area (Å²) in [6.07, 6.45) is 2.89. The smallest absolute Gasteiger partial charge is 0.262 e. The van der Waals surface area contributed by atoms with Gasteiger partial charge in [-0.1, -0.05) is 34.1 Å². The topological polar surface area (TPSA) is 76.9 Å². The maximum Gasteiger partial charge on any atom is 0.262 e. The maximum absolute atomic E-state index is 12.5. The molecule has 0 spiro atoms. The quantitative estimate of drug-likeness (QED) is 0.756. The standard InChI is InChI=1S/C14H11BrN4O2S/c15-11-4-3-5-12(8-11)22(20,21)18-13-6-1-2-7-14(13)19-10-16-9-17-19/h1-10,18H. The molecule has 0 atom stereocenters. The van der Waals surface area contributed by atoms with E-state index in [0.717, 1.165) is 0 Å². The first-order chi connectivity index (χ1) is 10.6. The van der Waals surface area contributed by atoms with Crippen molar-refractivity contribution in [1.82, 2.24) is 14.8 Å². The summed E-state index contributed by atoms with van der Waals surface area (Å²) in [7, 11) is -3.69. The Morgan fingerprint density at radius 2 is 1.91 bits per heavy atom. The van der Waals surface area contributed by atoms with Crippen LogP contribution in [0, 0.1) is 0 Å². The van der Waals surface area contributed by atoms with Gasteiger partial charge in [0.2, 0.25) is 0 Å². The molecule has 0 aliphatic carbocycles. The second-order valence-electron chi connectivity index (χ2n) is 4.42. The summed E-state index contributed by atoms with van der Waals surface area (Å²) in [6, 6.07) is 13.5. The lowest BCUT2D eigenvalue weighted by molar-refractivity contribution is 0.601. The van der Waals surface area contributed by atoms with Gasteiger partial charge in [0.05, 0.1) is 16.3 Å². The summed E-state index contributed by atoms with van der Waals surface area (Å²) in [6.45, 7) is 0. The molecule has 0 radical (unpaired) electrons. The lowest BCUT2D eigenvalue weighted by Crippen LogP contribution is -2.14. The number of nitrogens with zero attached hydrogens (tertiary/aromatic N) is 3. The lowest BCUT2D eigenvalue weighted by Gasteiger charge is -2.12. The highest BCUT2D eigenvalue weighted by Crippen LogP contribution is 2.23. The fourth-order valence-corrected chi connectivity index (χ4v) is 3.60. The van der Waals surface area contributed by atoms with E-state index < -0.39 is 10.0 Å². The summed E-state index contributed by atoms with van der Waals surface area (Å²) in [5, 5.41) is 4.03. The van der Waals surface area contributed by atoms with Crippen molar-refractivity contribution >= 4 is 31.6 Å². The van der Waals surface area contributed by atoms with Crippen molar-refractivity contribution in [2.75, 3.05) is 4.72 Å². The molecule has 3 aromatic rings. The van der Waals surface area contributed by atoms with Gasteiger partial charge >= 0.3 is 0 Å². The van der Waals surface area contributed by atoms with E-state index in [1.165, 1.54) is 23.4 Å². The van der Waals surface area contributed by atoms with Crippen molar-refractivity contribution in [2.45, 2.75) is 4.90 Å². The Balaban J connectivity index is 2.00. The number of nitrogens with one attached hydrogen (secondary N) is 1. The monoisotopic (exact) mass is 378 g/mol. The Labute approximate surface area is 136 Å². The molecule has 0 saturated heterocycles. The minimum Gasteiger partial charge on any atom is -0.277 e. The second kappa shape index (κ2) is 5.90. The van der Waals surface area contributed by atoms with Gasteiger partial charge in [0, 0.05) is 4.47 Å². The zero-order chi connectivity index (χ0) is 15.6. The molecule has 2 aromatic carbocycles. The first kappa shape index (κ1) is 14.7. The van der Waals surface area contributed by atoms with Crippen LogP contribution in [0.2, 0.25) is 0 Å². The first-order valence-corrected chi connectivity index (χ1v) is 8.56. The number of anilines is 1. The third-order valence-electron chi connectivity index (χ3n) is 2.92. The van der Waals surface area contributed by atoms with Crippen LogP contribution < -0.4 is 4.72 Å². The number of hydrogen-bond donors (Lipinski definition) is 1. The van der Waals surface area contributed by atoms with Crippen molar-refractivity contribution in [1.29, 1.82) is 0 Å². The van der Waals surface area contributed by atoms with Crippen LogP contribution in [0.4, 0.5) is 5.69 Å². The van der Waals surface area contributed by atoms with E-state index in [9.17, 15) is 8.42 Å². The predicted molar refractivity (Wildman–Crippen MR) is 86.3 cm³/mol. The molecule has 1 heterocycles. The molecule has 6 nitrogen and oxygen atoms in total. The molecule has 0 aliphatic rings. The van der Waals surface area contributed by atoms with Crippen LogP contribution in [0.3, 0.4) is 0 Å². The highest BCUT2D eigenvalue weighted by molar-refractivity contribution is 9.10. The summed E-state index contributed by atoms with van der Waals surface area (Å²) in [5.41, 5.74) is 1.02. The van der Waals surface area contributed by atoms with Crippen molar-refractivity contribution in [3.8, 4) is 5.69 Å². The van der Waals surface area contributed by atoms with Gasteiger partial charge in [-0.3, -0.25) is 4.72 Å². The van der Waals surface area contributed by atoms with Gasteiger partial charge in [-0.25, -0.2) is 18.1 Å². The number of rotatable bonds is 4. The van der Waals surface area contributed by atoms with E-state index in [1.54, 1.807) is 42.5 Å². The summed E-state index contributed by atoms with van der Waals surface area (Å²) in [5.74, 6) is 0. The van der Waals surface area contributed by atoms with E-state index in [-0.39, 0.29) is 4.90 Å². The lowest BCUT2D eigenvalue weighted by atomic mass is 10.3. The van der Waals surface area contributed by atoms with Crippen LogP contribution in [-0.2, 0) is 10.0 Å². The van der Waals surface area contributed by atoms with E-state index in [4.69, 9.17) is 0 Å². The van der Waals surface area contributed by atoms with Gasteiger partial charge in [-0.15, -0.1) is 0 Å². The molecule has 8 heteroatoms. The van der Waals surface area contributed by atoms with E-state index in [0.29, 0.717) is 15.8 Å². The van der Waals surface area contributed by atoms with Crippen molar-refractivity contribution in [2.24, 2.45) is 0 Å². The molecular weight excluding hydrogens is 368 g/mol. The molecule has 0 unspecified atom stereocenters. The molecule has 0 amide bonds. The molecule has 3 rings (SSSR count). The fourth-order valence-electron chi connectivity index (χ4n) is 1.93. The van der Waals surface area contributed by atoms with Crippen LogP contribution in [0.15, 0.2) is 70.6 Å². The SMILES string of the molecule is O=S(=O)(Nc1ccccc1-n1cncn1)c1cccc(Br)c1. The average molecular weight is 379 g/mol. The molecule has 0 fully saturated rings. The Kier molecular flexibility index (Phi) is 3.95. The Hall–Kier alpha value is -2.19. The minimum atomic E-state index is -3.69. The average Bonchev–Trinajstić information content (AvgIpc) is 3.01. The van der Waals surface area contributed by atoms with Gasteiger partial charge in [0.1, 0.15) is 12.7 Å². The van der Waals surface area contributed by atoms with Crippen molar-refractivity contribution < 1.29 is 8.42 Å². The number of benzene rings is 2. The van der Waals surface area contributed by atoms with E-state index in [1.807, 2.05) is 0 Å². The number of hydrogen-bond acceptors (Lipinski definition) is 4. The largest absolute Gasteiger partial charge is 0.277 e. The van der Waals surface area contributed by atoms with Crippen LogP contribution >= 0.6 is 15.9 Å². The zero-order valence-electron chi connectivity index (χ0n) is 11.2. The number of halogens is 1. The predicted octanol–water partition coefficient (Wildman–Crippen LogP) is 2.83. The van der Waals surface area contributed by atoms with Crippen LogP contribution in [0.25, 0.3) is 5.69 Å². The van der Waals surface area contributed by atoms with Gasteiger partial charge in [-0.2, -0.15) is 5.10 Å². The van der Waals surface area contributed by atoms with Crippen LogP contribution in [-0.4, -0.2) is 23.2 Å². The third-order valence-corrected chi connectivity index (χ3v) is 4.78. The summed E-state index contributed by atoms with van der Waals surface area (Å²) < 4.78 is 29.8. The fraction of sp³-hybridized carbons (Fsp3) is 0. The Morgan fingerprint density at radius 1 is 1.09 bits per heavy atom. The first-order valence-electron chi connectivity index (χ1n) is 6.29. The van der Waals surface area contributed by atoms with Gasteiger partial charge < -0.3 is 0 Å². The highest BCUT2D eigenvalue weighted by Gasteiger charge is 2.16. The molecule has 112 valence electrons. The van der Waals surface area contributed by atoms with Crippen molar-refractivity contribution in [3.05, 3.63) is 65.7 Å². The maximum atomic E-state index is 12.5. The minimum absolute atomic E-state index is 0.176. The van der Waals surface area contributed by atoms with Crippen molar-refractivity contribution in [3.63, 3.8) is 0 Å². The van der Waals surface area contributed by atoms with E-state index in [2.05, 4.69) is 30.7 Å². The molecule has 0 aliphatic heterocycles. The summed E-state index contributed by atoms with van der Waals surface area (Å²) >= 11 is 3.27.